The predicted octanol–water partition coefficient (Wildman–Crippen LogP) is 6.06. The van der Waals surface area contributed by atoms with E-state index in [2.05, 4.69) is 69.4 Å². The van der Waals surface area contributed by atoms with Gasteiger partial charge in [0.2, 0.25) is 11.8 Å². The second-order valence-electron chi connectivity index (χ2n) is 12.1. The lowest BCUT2D eigenvalue weighted by Crippen LogP contribution is -2.46. The third kappa shape index (κ3) is 4.28. The van der Waals surface area contributed by atoms with Gasteiger partial charge in [-0.1, -0.05) is 45.0 Å². The van der Waals surface area contributed by atoms with Crippen molar-refractivity contribution in [1.82, 2.24) is 5.32 Å². The molecule has 2 aliphatic carbocycles. The number of carbonyl (C=O) groups is 3. The van der Waals surface area contributed by atoms with E-state index in [1.165, 1.54) is 22.3 Å². The molecule has 2 aromatic rings. The molecule has 8 atom stereocenters. The summed E-state index contributed by atoms with van der Waals surface area (Å²) in [5, 5.41) is 3.10. The van der Waals surface area contributed by atoms with Crippen LogP contribution >= 0.6 is 0 Å². The molecule has 0 radical (unpaired) electrons. The quantitative estimate of drug-likeness (QED) is 0.436. The molecule has 0 spiro atoms. The third-order valence-corrected chi connectivity index (χ3v) is 10.0. The number of carbonyl (C=O) groups excluding carboxylic acids is 3. The van der Waals surface area contributed by atoms with E-state index in [9.17, 15) is 14.4 Å². The van der Waals surface area contributed by atoms with E-state index in [0.29, 0.717) is 12.5 Å². The number of aldehydes is 1. The Labute approximate surface area is 227 Å². The molecule has 5 nitrogen and oxygen atoms in total. The number of hydrogen-bond acceptors (Lipinski definition) is 3. The Kier molecular flexibility index (Phi) is 7.23. The molecule has 1 N–H and O–H groups in total. The molecular weight excluding hydrogens is 472 g/mol. The van der Waals surface area contributed by atoms with Crippen molar-refractivity contribution in [2.45, 2.75) is 72.8 Å². The summed E-state index contributed by atoms with van der Waals surface area (Å²) in [6, 6.07) is 13.2. The van der Waals surface area contributed by atoms with Crippen LogP contribution in [0.2, 0.25) is 0 Å². The van der Waals surface area contributed by atoms with E-state index < -0.39 is 0 Å². The molecule has 0 aromatic heterocycles. The van der Waals surface area contributed by atoms with Crippen LogP contribution in [0.5, 0.6) is 0 Å². The summed E-state index contributed by atoms with van der Waals surface area (Å²) in [6.45, 7) is 13.4. The molecule has 1 heterocycles. The fourth-order valence-corrected chi connectivity index (χ4v) is 7.55. The Hall–Kier alpha value is -2.95. The van der Waals surface area contributed by atoms with Gasteiger partial charge < -0.3 is 15.0 Å². The number of nitrogens with one attached hydrogen (secondary N) is 1. The molecule has 2 aromatic carbocycles. The highest BCUT2D eigenvalue weighted by atomic mass is 16.2. The van der Waals surface area contributed by atoms with Crippen molar-refractivity contribution in [2.24, 2.45) is 35.5 Å². The number of fused-ring (bicyclic) bond motifs is 5. The van der Waals surface area contributed by atoms with Crippen LogP contribution in [-0.2, 0) is 14.4 Å². The highest BCUT2D eigenvalue weighted by molar-refractivity contribution is 5.99. The monoisotopic (exact) mass is 514 g/mol. The van der Waals surface area contributed by atoms with Crippen molar-refractivity contribution >= 4 is 23.8 Å². The topological polar surface area (TPSA) is 66.5 Å². The Bertz CT molecular complexity index is 1250. The molecule has 2 amide bonds. The van der Waals surface area contributed by atoms with Crippen LogP contribution in [0, 0.1) is 49.4 Å². The van der Waals surface area contributed by atoms with Gasteiger partial charge in [0.25, 0.3) is 0 Å². The van der Waals surface area contributed by atoms with E-state index in [-0.39, 0.29) is 53.4 Å². The number of hydrogen-bond donors (Lipinski definition) is 1. The summed E-state index contributed by atoms with van der Waals surface area (Å²) in [5.41, 5.74) is 7.12. The van der Waals surface area contributed by atoms with Gasteiger partial charge in [0.15, 0.2) is 0 Å². The van der Waals surface area contributed by atoms with Gasteiger partial charge in [0, 0.05) is 30.1 Å². The first-order valence-electron chi connectivity index (χ1n) is 14.5. The van der Waals surface area contributed by atoms with Crippen molar-refractivity contribution in [3.05, 3.63) is 53.1 Å². The Morgan fingerprint density at radius 1 is 1.00 bits per heavy atom. The molecule has 1 aliphatic heterocycles. The van der Waals surface area contributed by atoms with E-state index in [1.807, 2.05) is 18.7 Å². The minimum absolute atomic E-state index is 0.0109. The average molecular weight is 515 g/mol. The lowest BCUT2D eigenvalue weighted by atomic mass is 9.69. The van der Waals surface area contributed by atoms with Crippen molar-refractivity contribution in [3.63, 3.8) is 0 Å². The number of amides is 2. The third-order valence-electron chi connectivity index (χ3n) is 10.0. The number of aryl methyl sites for hydroxylation is 2. The number of benzene rings is 2. The van der Waals surface area contributed by atoms with Crippen LogP contribution in [0.15, 0.2) is 36.4 Å². The first-order chi connectivity index (χ1) is 18.2. The molecule has 2 bridgehead atoms. The molecule has 5 heteroatoms. The fourth-order valence-electron chi connectivity index (χ4n) is 7.55. The minimum Gasteiger partial charge on any atom is -0.353 e. The van der Waals surface area contributed by atoms with Crippen molar-refractivity contribution in [2.75, 3.05) is 11.4 Å². The summed E-state index contributed by atoms with van der Waals surface area (Å²) in [6.07, 6.45) is 3.73. The summed E-state index contributed by atoms with van der Waals surface area (Å²) >= 11 is 0. The smallest absolute Gasteiger partial charge is 0.230 e. The van der Waals surface area contributed by atoms with Crippen LogP contribution in [0.25, 0.3) is 11.1 Å². The standard InChI is InChI=1S/C33H42N2O3/c1-7-18(3)22-9-11-24(19(4)13-22)25-12-10-23(14-20(25)5)35-16-28-26-15-27(31(28)33(35)38)29(17-36)30(26)32(37)34-21(6)8-2/h9-14,17-18,21,26-31H,7-8,15-16H2,1-6H3,(H,34,37). The molecule has 2 saturated carbocycles. The highest BCUT2D eigenvalue weighted by Gasteiger charge is 2.65. The van der Waals surface area contributed by atoms with Crippen LogP contribution in [0.3, 0.4) is 0 Å². The van der Waals surface area contributed by atoms with Crippen LogP contribution in [-0.4, -0.2) is 30.7 Å². The second kappa shape index (κ2) is 10.3. The molecule has 38 heavy (non-hydrogen) atoms. The van der Waals surface area contributed by atoms with Gasteiger partial charge in [-0.2, -0.15) is 0 Å². The van der Waals surface area contributed by atoms with Crippen LogP contribution < -0.4 is 10.2 Å². The van der Waals surface area contributed by atoms with Gasteiger partial charge in [0.05, 0.1) is 5.92 Å². The van der Waals surface area contributed by atoms with Crippen LogP contribution in [0.1, 0.15) is 69.6 Å². The summed E-state index contributed by atoms with van der Waals surface area (Å²) in [4.78, 5) is 40.9. The lowest BCUT2D eigenvalue weighted by Gasteiger charge is -2.33. The summed E-state index contributed by atoms with van der Waals surface area (Å²) in [5.74, 6) is 0.0156. The highest BCUT2D eigenvalue weighted by Crippen LogP contribution is 2.61. The maximum Gasteiger partial charge on any atom is 0.230 e. The fraction of sp³-hybridized carbons (Fsp3) is 0.545. The van der Waals surface area contributed by atoms with Gasteiger partial charge >= 0.3 is 0 Å². The van der Waals surface area contributed by atoms with Gasteiger partial charge in [-0.15, -0.1) is 0 Å². The van der Waals surface area contributed by atoms with E-state index >= 15 is 0 Å². The molecule has 3 aliphatic rings. The van der Waals surface area contributed by atoms with Crippen molar-refractivity contribution in [1.29, 1.82) is 0 Å². The molecule has 3 fully saturated rings. The van der Waals surface area contributed by atoms with Gasteiger partial charge in [-0.25, -0.2) is 0 Å². The largest absolute Gasteiger partial charge is 0.353 e. The zero-order valence-electron chi connectivity index (χ0n) is 23.7. The van der Waals surface area contributed by atoms with E-state index in [0.717, 1.165) is 36.8 Å². The van der Waals surface area contributed by atoms with Gasteiger partial charge in [-0.05, 0) is 104 Å². The normalized spacial score (nSPS) is 29.3. The molecule has 8 unspecified atom stereocenters. The van der Waals surface area contributed by atoms with Gasteiger partial charge in [-0.3, -0.25) is 9.59 Å². The first kappa shape index (κ1) is 26.6. The zero-order valence-corrected chi connectivity index (χ0v) is 23.7. The Morgan fingerprint density at radius 2 is 1.68 bits per heavy atom. The average Bonchev–Trinajstić information content (AvgIpc) is 3.57. The van der Waals surface area contributed by atoms with Crippen molar-refractivity contribution in [3.8, 4) is 11.1 Å². The first-order valence-corrected chi connectivity index (χ1v) is 14.5. The van der Waals surface area contributed by atoms with Crippen molar-refractivity contribution < 1.29 is 14.4 Å². The molecular formula is C33H42N2O3. The Morgan fingerprint density at radius 3 is 2.29 bits per heavy atom. The maximum atomic E-state index is 13.7. The number of rotatable bonds is 8. The lowest BCUT2D eigenvalue weighted by molar-refractivity contribution is -0.136. The molecule has 1 saturated heterocycles. The SMILES string of the molecule is CCC(C)NC(=O)C1C(C=O)C2CC1C1CN(c3ccc(-c4ccc(C(C)CC)cc4C)c(C)c3)C(=O)C21. The zero-order chi connectivity index (χ0) is 27.3. The molecule has 202 valence electrons. The number of anilines is 1. The van der Waals surface area contributed by atoms with Crippen LogP contribution in [0.4, 0.5) is 5.69 Å². The molecule has 5 rings (SSSR count). The van der Waals surface area contributed by atoms with E-state index in [4.69, 9.17) is 0 Å². The summed E-state index contributed by atoms with van der Waals surface area (Å²) in [7, 11) is 0. The Balaban J connectivity index is 1.38. The predicted molar refractivity (Wildman–Crippen MR) is 152 cm³/mol. The van der Waals surface area contributed by atoms with E-state index in [1.54, 1.807) is 0 Å². The maximum absolute atomic E-state index is 13.7. The number of nitrogens with zero attached hydrogens (tertiary/aromatic N) is 1. The second-order valence-corrected chi connectivity index (χ2v) is 12.1. The minimum atomic E-state index is -0.361. The van der Waals surface area contributed by atoms with Gasteiger partial charge in [0.1, 0.15) is 6.29 Å². The summed E-state index contributed by atoms with van der Waals surface area (Å²) < 4.78 is 0.